The maximum Gasteiger partial charge on any atom is 0.000966 e. The van der Waals surface area contributed by atoms with Gasteiger partial charge in [0.25, 0.3) is 0 Å². The van der Waals surface area contributed by atoms with E-state index in [9.17, 15) is 0 Å². The number of hydrogen-bond donors (Lipinski definition) is 0. The van der Waals surface area contributed by atoms with Crippen LogP contribution >= 0.6 is 0 Å². The van der Waals surface area contributed by atoms with E-state index < -0.39 is 0 Å². The van der Waals surface area contributed by atoms with Crippen molar-refractivity contribution < 1.29 is 0 Å². The number of unbranched alkanes of at least 4 members (excludes halogenated alkanes) is 19. The number of rotatable bonds is 36. The molecular weight excluding hydrogens is 520 g/mol. The van der Waals surface area contributed by atoms with Crippen molar-refractivity contribution in [2.75, 3.05) is 40.3 Å². The highest BCUT2D eigenvalue weighted by Gasteiger charge is 2.17. The molecule has 0 bridgehead atoms. The SMILES string of the molecule is CCCCCCCCC(CCCCCC)CCN(CCCCCCN(C)C)CC(CCCCCC)CCCCCCCC. The monoisotopic (exact) mass is 607 g/mol. The molecule has 0 aliphatic rings. The van der Waals surface area contributed by atoms with Crippen LogP contribution in [0.3, 0.4) is 0 Å². The van der Waals surface area contributed by atoms with E-state index in [2.05, 4.69) is 51.6 Å². The summed E-state index contributed by atoms with van der Waals surface area (Å²) in [5.74, 6) is 1.89. The van der Waals surface area contributed by atoms with Crippen LogP contribution in [0.4, 0.5) is 0 Å². The molecule has 0 aromatic heterocycles. The summed E-state index contributed by atoms with van der Waals surface area (Å²) in [6, 6.07) is 0. The average molecular weight is 607 g/mol. The fraction of sp³-hybridized carbons (Fsp3) is 1.00. The summed E-state index contributed by atoms with van der Waals surface area (Å²) in [6.07, 6.45) is 41.8. The summed E-state index contributed by atoms with van der Waals surface area (Å²) in [5, 5.41) is 0. The first-order valence-corrected chi connectivity index (χ1v) is 20.4. The predicted octanol–water partition coefficient (Wildman–Crippen LogP) is 13.5. The zero-order valence-electron chi connectivity index (χ0n) is 31.4. The molecule has 0 saturated heterocycles. The predicted molar refractivity (Wildman–Crippen MR) is 199 cm³/mol. The first-order valence-electron chi connectivity index (χ1n) is 20.4. The molecule has 0 N–H and O–H groups in total. The lowest BCUT2D eigenvalue weighted by Gasteiger charge is -2.30. The van der Waals surface area contributed by atoms with Gasteiger partial charge in [-0.25, -0.2) is 0 Å². The molecule has 0 spiro atoms. The smallest absolute Gasteiger partial charge is 0.000966 e. The van der Waals surface area contributed by atoms with Crippen molar-refractivity contribution in [1.82, 2.24) is 9.80 Å². The van der Waals surface area contributed by atoms with Crippen LogP contribution in [0.25, 0.3) is 0 Å². The van der Waals surface area contributed by atoms with Gasteiger partial charge >= 0.3 is 0 Å². The molecule has 0 aliphatic heterocycles. The van der Waals surface area contributed by atoms with E-state index in [0.717, 1.165) is 11.8 Å². The van der Waals surface area contributed by atoms with Gasteiger partial charge in [0.15, 0.2) is 0 Å². The van der Waals surface area contributed by atoms with E-state index >= 15 is 0 Å². The summed E-state index contributed by atoms with van der Waals surface area (Å²) in [4.78, 5) is 5.33. The maximum absolute atomic E-state index is 2.98. The van der Waals surface area contributed by atoms with Crippen molar-refractivity contribution in [3.8, 4) is 0 Å². The second-order valence-corrected chi connectivity index (χ2v) is 14.9. The highest BCUT2D eigenvalue weighted by molar-refractivity contribution is 4.71. The molecule has 0 rings (SSSR count). The van der Waals surface area contributed by atoms with Gasteiger partial charge in [0.1, 0.15) is 0 Å². The molecule has 0 amide bonds. The highest BCUT2D eigenvalue weighted by Crippen LogP contribution is 2.25. The molecule has 2 unspecified atom stereocenters. The largest absolute Gasteiger partial charge is 0.309 e. The molecule has 2 heteroatoms. The molecule has 2 atom stereocenters. The van der Waals surface area contributed by atoms with Gasteiger partial charge in [-0.05, 0) is 77.7 Å². The summed E-state index contributed by atoms with van der Waals surface area (Å²) in [7, 11) is 4.44. The van der Waals surface area contributed by atoms with Gasteiger partial charge in [0.05, 0.1) is 0 Å². The van der Waals surface area contributed by atoms with E-state index in [4.69, 9.17) is 0 Å². The molecule has 0 aliphatic carbocycles. The van der Waals surface area contributed by atoms with Gasteiger partial charge in [-0.1, -0.05) is 182 Å². The molecule has 0 fully saturated rings. The quantitative estimate of drug-likeness (QED) is 0.0654. The standard InChI is InChI=1S/C41H86N2/c1-7-11-15-19-21-27-32-40(31-25-17-13-9-3)35-38-43(37-30-24-23-29-36-42(5)6)39-41(33-26-18-14-10-4)34-28-22-20-16-12-8-2/h40-41H,7-39H2,1-6H3. The van der Waals surface area contributed by atoms with Crippen LogP contribution < -0.4 is 0 Å². The Morgan fingerprint density at radius 2 is 0.674 bits per heavy atom. The lowest BCUT2D eigenvalue weighted by molar-refractivity contribution is 0.190. The first kappa shape index (κ1) is 42.9. The van der Waals surface area contributed by atoms with Crippen molar-refractivity contribution in [1.29, 1.82) is 0 Å². The zero-order chi connectivity index (χ0) is 31.6. The van der Waals surface area contributed by atoms with Gasteiger partial charge in [-0.3, -0.25) is 0 Å². The minimum absolute atomic E-state index is 0.929. The topological polar surface area (TPSA) is 6.48 Å². The molecule has 0 radical (unpaired) electrons. The second kappa shape index (κ2) is 34.8. The van der Waals surface area contributed by atoms with E-state index in [1.807, 2.05) is 0 Å². The lowest BCUT2D eigenvalue weighted by Crippen LogP contribution is -2.33. The van der Waals surface area contributed by atoms with E-state index in [0.29, 0.717) is 0 Å². The van der Waals surface area contributed by atoms with E-state index in [1.165, 1.54) is 212 Å². The van der Waals surface area contributed by atoms with Crippen LogP contribution in [0.1, 0.15) is 214 Å². The second-order valence-electron chi connectivity index (χ2n) is 14.9. The molecule has 0 saturated carbocycles. The van der Waals surface area contributed by atoms with Crippen LogP contribution in [-0.2, 0) is 0 Å². The summed E-state index contributed by atoms with van der Waals surface area (Å²) < 4.78 is 0. The lowest BCUT2D eigenvalue weighted by atomic mass is 9.90. The fourth-order valence-corrected chi connectivity index (χ4v) is 7.05. The Morgan fingerprint density at radius 1 is 0.326 bits per heavy atom. The molecule has 0 heterocycles. The zero-order valence-corrected chi connectivity index (χ0v) is 31.4. The van der Waals surface area contributed by atoms with E-state index in [1.54, 1.807) is 0 Å². The van der Waals surface area contributed by atoms with Crippen LogP contribution in [-0.4, -0.2) is 50.1 Å². The Bertz CT molecular complexity index is 504. The summed E-state index contributed by atoms with van der Waals surface area (Å²) in [5.41, 5.74) is 0. The van der Waals surface area contributed by atoms with Crippen LogP contribution in [0.2, 0.25) is 0 Å². The highest BCUT2D eigenvalue weighted by atomic mass is 15.1. The maximum atomic E-state index is 2.98. The molecule has 2 nitrogen and oxygen atoms in total. The first-order chi connectivity index (χ1) is 21.1. The average Bonchev–Trinajstić information content (AvgIpc) is 3.00. The normalized spacial score (nSPS) is 13.4. The van der Waals surface area contributed by atoms with Gasteiger partial charge in [-0.2, -0.15) is 0 Å². The van der Waals surface area contributed by atoms with Gasteiger partial charge in [0.2, 0.25) is 0 Å². The summed E-state index contributed by atoms with van der Waals surface area (Å²) >= 11 is 0. The molecule has 43 heavy (non-hydrogen) atoms. The van der Waals surface area contributed by atoms with Crippen LogP contribution in [0.5, 0.6) is 0 Å². The minimum Gasteiger partial charge on any atom is -0.309 e. The van der Waals surface area contributed by atoms with Crippen molar-refractivity contribution >= 4 is 0 Å². The van der Waals surface area contributed by atoms with Gasteiger partial charge < -0.3 is 9.80 Å². The van der Waals surface area contributed by atoms with E-state index in [-0.39, 0.29) is 0 Å². The summed E-state index contributed by atoms with van der Waals surface area (Å²) in [6.45, 7) is 14.8. The van der Waals surface area contributed by atoms with Crippen LogP contribution in [0, 0.1) is 11.8 Å². The fourth-order valence-electron chi connectivity index (χ4n) is 7.05. The number of hydrogen-bond acceptors (Lipinski definition) is 2. The molecule has 0 aromatic rings. The Hall–Kier alpha value is -0.0800. The van der Waals surface area contributed by atoms with Crippen LogP contribution in [0.15, 0.2) is 0 Å². The third-order valence-corrected chi connectivity index (χ3v) is 10.1. The Labute approximate surface area is 275 Å². The third kappa shape index (κ3) is 31.7. The minimum atomic E-state index is 0.929. The molecule has 0 aromatic carbocycles. The molecular formula is C41H86N2. The van der Waals surface area contributed by atoms with Crippen molar-refractivity contribution in [3.63, 3.8) is 0 Å². The van der Waals surface area contributed by atoms with Crippen molar-refractivity contribution in [2.45, 2.75) is 214 Å². The van der Waals surface area contributed by atoms with Crippen molar-refractivity contribution in [3.05, 3.63) is 0 Å². The Balaban J connectivity index is 5.12. The van der Waals surface area contributed by atoms with Crippen molar-refractivity contribution in [2.24, 2.45) is 11.8 Å². The van der Waals surface area contributed by atoms with Gasteiger partial charge in [0, 0.05) is 6.54 Å². The number of nitrogens with zero attached hydrogens (tertiary/aromatic N) is 2. The third-order valence-electron chi connectivity index (χ3n) is 10.1. The Morgan fingerprint density at radius 3 is 1.12 bits per heavy atom. The Kier molecular flexibility index (Phi) is 34.7. The van der Waals surface area contributed by atoms with Gasteiger partial charge in [-0.15, -0.1) is 0 Å². The molecule has 260 valence electrons.